The summed E-state index contributed by atoms with van der Waals surface area (Å²) in [4.78, 5) is 2.57. The lowest BCUT2D eigenvalue weighted by Crippen LogP contribution is -2.38. The van der Waals surface area contributed by atoms with Gasteiger partial charge in [0.1, 0.15) is 0 Å². The zero-order valence-electron chi connectivity index (χ0n) is 11.1. The van der Waals surface area contributed by atoms with Crippen LogP contribution in [0.15, 0.2) is 0 Å². The fourth-order valence-corrected chi connectivity index (χ4v) is 3.27. The molecular weight excluding hydrogens is 212 g/mol. The quantitative estimate of drug-likeness (QED) is 0.817. The van der Waals surface area contributed by atoms with Gasteiger partial charge in [0, 0.05) is 19.7 Å². The summed E-state index contributed by atoms with van der Waals surface area (Å²) in [7, 11) is 0. The van der Waals surface area contributed by atoms with Gasteiger partial charge in [-0.15, -0.1) is 0 Å². The first kappa shape index (κ1) is 13.3. The average Bonchev–Trinajstić information content (AvgIpc) is 2.66. The van der Waals surface area contributed by atoms with Crippen molar-refractivity contribution in [1.29, 1.82) is 0 Å². The monoisotopic (exact) mass is 240 g/mol. The van der Waals surface area contributed by atoms with Crippen molar-refractivity contribution in [2.24, 2.45) is 11.1 Å². The molecule has 0 spiro atoms. The molecule has 17 heavy (non-hydrogen) atoms. The Balaban J connectivity index is 1.77. The van der Waals surface area contributed by atoms with Gasteiger partial charge >= 0.3 is 0 Å². The molecule has 0 aromatic rings. The van der Waals surface area contributed by atoms with E-state index in [2.05, 4.69) is 4.90 Å². The van der Waals surface area contributed by atoms with Gasteiger partial charge in [0.25, 0.3) is 0 Å². The largest absolute Gasteiger partial charge is 0.380 e. The Hall–Kier alpha value is -0.120. The summed E-state index contributed by atoms with van der Waals surface area (Å²) in [5.41, 5.74) is 6.51. The van der Waals surface area contributed by atoms with E-state index in [-0.39, 0.29) is 0 Å². The Morgan fingerprint density at radius 1 is 1.00 bits per heavy atom. The highest BCUT2D eigenvalue weighted by Crippen LogP contribution is 2.38. The molecule has 0 bridgehead atoms. The molecule has 0 radical (unpaired) electrons. The molecule has 1 heterocycles. The second kappa shape index (κ2) is 6.72. The summed E-state index contributed by atoms with van der Waals surface area (Å²) in [6, 6.07) is 0. The second-order valence-corrected chi connectivity index (χ2v) is 5.82. The highest BCUT2D eigenvalue weighted by Gasteiger charge is 2.30. The first-order chi connectivity index (χ1) is 8.35. The van der Waals surface area contributed by atoms with Crippen molar-refractivity contribution >= 4 is 0 Å². The van der Waals surface area contributed by atoms with Gasteiger partial charge in [-0.2, -0.15) is 0 Å². The molecule has 3 heteroatoms. The number of nitrogens with zero attached hydrogens (tertiary/aromatic N) is 1. The summed E-state index contributed by atoms with van der Waals surface area (Å²) in [5.74, 6) is 0. The van der Waals surface area contributed by atoms with Crippen molar-refractivity contribution < 1.29 is 4.74 Å². The minimum atomic E-state index is 0.464. The Labute approximate surface area is 106 Å². The molecule has 2 fully saturated rings. The highest BCUT2D eigenvalue weighted by atomic mass is 16.5. The molecule has 0 atom stereocenters. The van der Waals surface area contributed by atoms with Gasteiger partial charge in [0.05, 0.1) is 6.61 Å². The van der Waals surface area contributed by atoms with E-state index in [1.807, 2.05) is 0 Å². The van der Waals surface area contributed by atoms with E-state index in [1.165, 1.54) is 58.0 Å². The molecule has 1 aliphatic heterocycles. The summed E-state index contributed by atoms with van der Waals surface area (Å²) >= 11 is 0. The first-order valence-corrected chi connectivity index (χ1v) is 7.35. The lowest BCUT2D eigenvalue weighted by atomic mass is 9.72. The molecular formula is C14H28N2O. The third-order valence-corrected chi connectivity index (χ3v) is 4.62. The minimum Gasteiger partial charge on any atom is -0.380 e. The van der Waals surface area contributed by atoms with Crippen molar-refractivity contribution in [2.45, 2.75) is 44.9 Å². The third kappa shape index (κ3) is 3.94. The van der Waals surface area contributed by atoms with Gasteiger partial charge in [-0.1, -0.05) is 19.3 Å². The SMILES string of the molecule is NCC1(CCN2CCCOCC2)CCCCC1. The minimum absolute atomic E-state index is 0.464. The highest BCUT2D eigenvalue weighted by molar-refractivity contribution is 4.84. The molecule has 100 valence electrons. The van der Waals surface area contributed by atoms with E-state index in [0.29, 0.717) is 5.41 Å². The number of nitrogens with two attached hydrogens (primary N) is 1. The van der Waals surface area contributed by atoms with Crippen LogP contribution in [0.2, 0.25) is 0 Å². The van der Waals surface area contributed by atoms with Crippen molar-refractivity contribution in [3.8, 4) is 0 Å². The van der Waals surface area contributed by atoms with Crippen LogP contribution in [0, 0.1) is 5.41 Å². The van der Waals surface area contributed by atoms with Crippen LogP contribution < -0.4 is 5.73 Å². The smallest absolute Gasteiger partial charge is 0.0593 e. The standard InChI is InChI=1S/C14H28N2O/c15-13-14(5-2-1-3-6-14)7-9-16-8-4-11-17-12-10-16/h1-13,15H2. The van der Waals surface area contributed by atoms with E-state index in [1.54, 1.807) is 0 Å². The molecule has 0 aromatic carbocycles. The average molecular weight is 240 g/mol. The van der Waals surface area contributed by atoms with Gasteiger partial charge in [-0.3, -0.25) is 0 Å². The summed E-state index contributed by atoms with van der Waals surface area (Å²) in [5, 5.41) is 0. The van der Waals surface area contributed by atoms with Crippen LogP contribution >= 0.6 is 0 Å². The second-order valence-electron chi connectivity index (χ2n) is 5.82. The van der Waals surface area contributed by atoms with E-state index < -0.39 is 0 Å². The number of ether oxygens (including phenoxy) is 1. The Morgan fingerprint density at radius 3 is 2.59 bits per heavy atom. The summed E-state index contributed by atoms with van der Waals surface area (Å²) < 4.78 is 5.50. The van der Waals surface area contributed by atoms with E-state index in [4.69, 9.17) is 10.5 Å². The van der Waals surface area contributed by atoms with Crippen LogP contribution in [-0.4, -0.2) is 44.3 Å². The van der Waals surface area contributed by atoms with E-state index in [0.717, 1.165) is 26.3 Å². The van der Waals surface area contributed by atoms with Crippen LogP contribution in [0.4, 0.5) is 0 Å². The molecule has 0 unspecified atom stereocenters. The Kier molecular flexibility index (Phi) is 5.26. The van der Waals surface area contributed by atoms with Crippen molar-refractivity contribution in [2.75, 3.05) is 39.4 Å². The van der Waals surface area contributed by atoms with E-state index >= 15 is 0 Å². The van der Waals surface area contributed by atoms with Crippen LogP contribution in [0.5, 0.6) is 0 Å². The number of rotatable bonds is 4. The van der Waals surface area contributed by atoms with Crippen LogP contribution in [0.1, 0.15) is 44.9 Å². The maximum Gasteiger partial charge on any atom is 0.0593 e. The summed E-state index contributed by atoms with van der Waals surface area (Å²) in [6.07, 6.45) is 9.39. The molecule has 2 N–H and O–H groups in total. The zero-order valence-corrected chi connectivity index (χ0v) is 11.1. The molecule has 3 nitrogen and oxygen atoms in total. The maximum atomic E-state index is 6.04. The molecule has 1 aliphatic carbocycles. The van der Waals surface area contributed by atoms with Gasteiger partial charge in [0.2, 0.25) is 0 Å². The molecule has 2 aliphatic rings. The molecule has 2 rings (SSSR count). The fourth-order valence-electron chi connectivity index (χ4n) is 3.27. The lowest BCUT2D eigenvalue weighted by Gasteiger charge is -2.37. The van der Waals surface area contributed by atoms with Gasteiger partial charge in [0.15, 0.2) is 0 Å². The van der Waals surface area contributed by atoms with Crippen molar-refractivity contribution in [1.82, 2.24) is 4.90 Å². The molecule has 0 aromatic heterocycles. The molecule has 0 amide bonds. The first-order valence-electron chi connectivity index (χ1n) is 7.35. The van der Waals surface area contributed by atoms with E-state index in [9.17, 15) is 0 Å². The maximum absolute atomic E-state index is 6.04. The molecule has 1 saturated carbocycles. The van der Waals surface area contributed by atoms with Gasteiger partial charge in [-0.05, 0) is 44.2 Å². The van der Waals surface area contributed by atoms with Crippen LogP contribution in [0.25, 0.3) is 0 Å². The Bertz CT molecular complexity index is 206. The predicted molar refractivity (Wildman–Crippen MR) is 71.1 cm³/mol. The zero-order chi connectivity index (χ0) is 12.0. The lowest BCUT2D eigenvalue weighted by molar-refractivity contribution is 0.127. The fraction of sp³-hybridized carbons (Fsp3) is 1.00. The number of hydrogen-bond acceptors (Lipinski definition) is 3. The third-order valence-electron chi connectivity index (χ3n) is 4.62. The van der Waals surface area contributed by atoms with Crippen LogP contribution in [0.3, 0.4) is 0 Å². The topological polar surface area (TPSA) is 38.5 Å². The van der Waals surface area contributed by atoms with Crippen LogP contribution in [-0.2, 0) is 4.74 Å². The normalized spacial score (nSPS) is 26.6. The van der Waals surface area contributed by atoms with Gasteiger partial charge in [-0.25, -0.2) is 0 Å². The van der Waals surface area contributed by atoms with Crippen molar-refractivity contribution in [3.05, 3.63) is 0 Å². The number of hydrogen-bond donors (Lipinski definition) is 1. The van der Waals surface area contributed by atoms with Crippen molar-refractivity contribution in [3.63, 3.8) is 0 Å². The Morgan fingerprint density at radius 2 is 1.82 bits per heavy atom. The summed E-state index contributed by atoms with van der Waals surface area (Å²) in [6.45, 7) is 6.29. The molecule has 1 saturated heterocycles. The predicted octanol–water partition coefficient (Wildman–Crippen LogP) is 2.01. The van der Waals surface area contributed by atoms with Gasteiger partial charge < -0.3 is 15.4 Å².